The highest BCUT2D eigenvalue weighted by Crippen LogP contribution is 2.31. The van der Waals surface area contributed by atoms with Crippen LogP contribution in [0.5, 0.6) is 11.6 Å². The molecule has 0 radical (unpaired) electrons. The summed E-state index contributed by atoms with van der Waals surface area (Å²) in [6, 6.07) is 22.3. The molecule has 0 unspecified atom stereocenters. The van der Waals surface area contributed by atoms with Gasteiger partial charge in [-0.15, -0.1) is 0 Å². The molecule has 1 amide bonds. The molecule has 0 N–H and O–H groups in total. The molecular weight excluding hydrogens is 623 g/mol. The Morgan fingerprint density at radius 3 is 2.40 bits per heavy atom. The maximum absolute atomic E-state index is 13.5. The zero-order chi connectivity index (χ0) is 33.3. The predicted octanol–water partition coefficient (Wildman–Crippen LogP) is 6.50. The Kier molecular flexibility index (Phi) is 8.36. The van der Waals surface area contributed by atoms with Crippen LogP contribution in [0.1, 0.15) is 21.6 Å². The van der Waals surface area contributed by atoms with Crippen LogP contribution in [0.25, 0.3) is 33.9 Å². The lowest BCUT2D eigenvalue weighted by Crippen LogP contribution is -2.49. The van der Waals surface area contributed by atoms with Crippen LogP contribution in [0.4, 0.5) is 13.2 Å². The van der Waals surface area contributed by atoms with Crippen molar-refractivity contribution in [1.82, 2.24) is 34.5 Å². The van der Waals surface area contributed by atoms with Crippen LogP contribution in [-0.2, 0) is 19.6 Å². The highest BCUT2D eigenvalue weighted by atomic mass is 19.4. The summed E-state index contributed by atoms with van der Waals surface area (Å²) in [5.41, 5.74) is 2.63. The fourth-order valence-electron chi connectivity index (χ4n) is 5.70. The lowest BCUT2D eigenvalue weighted by molar-refractivity contribution is -0.137. The van der Waals surface area contributed by atoms with E-state index in [1.165, 1.54) is 30.1 Å². The quantitative estimate of drug-likeness (QED) is 0.184. The van der Waals surface area contributed by atoms with Gasteiger partial charge in [0.15, 0.2) is 0 Å². The third-order valence-corrected chi connectivity index (χ3v) is 8.42. The van der Waals surface area contributed by atoms with Gasteiger partial charge in [-0.1, -0.05) is 47.6 Å². The molecule has 4 heterocycles. The van der Waals surface area contributed by atoms with E-state index < -0.39 is 11.7 Å². The molecule has 0 atom stereocenters. The van der Waals surface area contributed by atoms with Crippen molar-refractivity contribution in [2.75, 3.05) is 32.7 Å². The smallest absolute Gasteiger partial charge is 0.416 e. The molecule has 1 fully saturated rings. The van der Waals surface area contributed by atoms with Crippen molar-refractivity contribution < 1.29 is 27.2 Å². The van der Waals surface area contributed by atoms with E-state index in [0.29, 0.717) is 30.1 Å². The van der Waals surface area contributed by atoms with Gasteiger partial charge in [0.1, 0.15) is 17.1 Å². The van der Waals surface area contributed by atoms with Crippen molar-refractivity contribution in [3.05, 3.63) is 108 Å². The topological polar surface area (TPSA) is 102 Å². The molecular formula is C35H30F3N7O3. The van der Waals surface area contributed by atoms with E-state index in [4.69, 9.17) is 9.26 Å². The highest BCUT2D eigenvalue weighted by Gasteiger charge is 2.30. The lowest BCUT2D eigenvalue weighted by Gasteiger charge is -2.34. The first-order valence-electron chi connectivity index (χ1n) is 15.4. The van der Waals surface area contributed by atoms with E-state index in [1.807, 2.05) is 40.8 Å². The van der Waals surface area contributed by atoms with Crippen LogP contribution in [-0.4, -0.2) is 73.1 Å². The van der Waals surface area contributed by atoms with Crippen LogP contribution >= 0.6 is 0 Å². The summed E-state index contributed by atoms with van der Waals surface area (Å²) < 4.78 is 51.7. The number of carbonyl (C=O) groups excluding carboxylic acids is 1. The molecule has 48 heavy (non-hydrogen) atoms. The second-order valence-corrected chi connectivity index (χ2v) is 11.5. The van der Waals surface area contributed by atoms with Gasteiger partial charge in [0, 0.05) is 56.8 Å². The fourth-order valence-corrected chi connectivity index (χ4v) is 5.70. The largest absolute Gasteiger partial charge is 0.437 e. The normalized spacial score (nSPS) is 14.0. The van der Waals surface area contributed by atoms with Gasteiger partial charge in [0.2, 0.25) is 11.7 Å². The van der Waals surface area contributed by atoms with E-state index in [-0.39, 0.29) is 29.2 Å². The van der Waals surface area contributed by atoms with Crippen LogP contribution in [0.3, 0.4) is 0 Å². The van der Waals surface area contributed by atoms with Gasteiger partial charge in [-0.2, -0.15) is 18.2 Å². The standard InChI is InChI=1S/C35H30F3N7O3/c1-43-29-20-27(12-9-25(29)19-30(43)34(46)45-17-15-44(16-18-45)14-13-23-5-3-2-4-6-23)47-31-22-39-28(21-40-31)33-41-32(42-48-33)24-7-10-26(11-8-24)35(36,37)38/h2-12,19-22H,13-18H2,1H3. The molecule has 3 aromatic carbocycles. The first-order chi connectivity index (χ1) is 23.2. The summed E-state index contributed by atoms with van der Waals surface area (Å²) in [5, 5.41) is 4.76. The molecule has 1 saturated heterocycles. The molecule has 244 valence electrons. The zero-order valence-electron chi connectivity index (χ0n) is 25.9. The van der Waals surface area contributed by atoms with Gasteiger partial charge in [0.25, 0.3) is 11.8 Å². The van der Waals surface area contributed by atoms with Gasteiger partial charge in [-0.05, 0) is 42.3 Å². The van der Waals surface area contributed by atoms with E-state index >= 15 is 0 Å². The van der Waals surface area contributed by atoms with Crippen molar-refractivity contribution in [1.29, 1.82) is 0 Å². The summed E-state index contributed by atoms with van der Waals surface area (Å²) in [4.78, 5) is 30.7. The first-order valence-corrected chi connectivity index (χ1v) is 15.4. The zero-order valence-corrected chi connectivity index (χ0v) is 25.9. The second kappa shape index (κ2) is 12.9. The third kappa shape index (κ3) is 6.63. The Labute approximate surface area is 273 Å². The molecule has 10 nitrogen and oxygen atoms in total. The van der Waals surface area contributed by atoms with E-state index in [2.05, 4.69) is 49.3 Å². The van der Waals surface area contributed by atoms with E-state index in [9.17, 15) is 18.0 Å². The monoisotopic (exact) mass is 653 g/mol. The number of hydrogen-bond acceptors (Lipinski definition) is 8. The Morgan fingerprint density at radius 2 is 1.69 bits per heavy atom. The number of hydrogen-bond donors (Lipinski definition) is 0. The highest BCUT2D eigenvalue weighted by molar-refractivity contribution is 5.99. The summed E-state index contributed by atoms with van der Waals surface area (Å²) in [7, 11) is 1.87. The molecule has 6 aromatic rings. The fraction of sp³-hybridized carbons (Fsp3) is 0.229. The van der Waals surface area contributed by atoms with Gasteiger partial charge in [0.05, 0.1) is 23.5 Å². The van der Waals surface area contributed by atoms with Crippen molar-refractivity contribution in [3.8, 4) is 34.6 Å². The van der Waals surface area contributed by atoms with E-state index in [1.54, 1.807) is 6.07 Å². The molecule has 7 rings (SSSR count). The first kappa shape index (κ1) is 31.1. The molecule has 0 spiro atoms. The summed E-state index contributed by atoms with van der Waals surface area (Å²) in [6.07, 6.45) is -0.639. The molecule has 0 aliphatic carbocycles. The maximum Gasteiger partial charge on any atom is 0.416 e. The molecule has 0 saturated carbocycles. The molecule has 1 aliphatic heterocycles. The number of halogens is 3. The van der Waals surface area contributed by atoms with Gasteiger partial charge in [-0.3, -0.25) is 9.69 Å². The lowest BCUT2D eigenvalue weighted by atomic mass is 10.1. The summed E-state index contributed by atoms with van der Waals surface area (Å²) in [6.45, 7) is 4.01. The SMILES string of the molecule is Cn1c(C(=O)N2CCN(CCc3ccccc3)CC2)cc2ccc(Oc3cnc(-c4nc(-c5ccc(C(F)(F)F)cc5)no4)cn3)cc21. The molecule has 1 aliphatic rings. The number of ether oxygens (including phenoxy) is 1. The van der Waals surface area contributed by atoms with Crippen molar-refractivity contribution in [2.24, 2.45) is 7.05 Å². The van der Waals surface area contributed by atoms with Gasteiger partial charge in [-0.25, -0.2) is 9.97 Å². The summed E-state index contributed by atoms with van der Waals surface area (Å²) in [5.74, 6) is 0.911. The number of amides is 1. The van der Waals surface area contributed by atoms with Crippen molar-refractivity contribution in [2.45, 2.75) is 12.6 Å². The molecule has 3 aromatic heterocycles. The Bertz CT molecular complexity index is 2030. The Hall–Kier alpha value is -5.56. The number of rotatable bonds is 8. The maximum atomic E-state index is 13.5. The average Bonchev–Trinajstić information content (AvgIpc) is 3.73. The number of piperazine rings is 1. The second-order valence-electron chi connectivity index (χ2n) is 11.5. The minimum atomic E-state index is -4.44. The molecule has 0 bridgehead atoms. The minimum Gasteiger partial charge on any atom is -0.437 e. The molecule has 13 heteroatoms. The van der Waals surface area contributed by atoms with Crippen LogP contribution in [0.15, 0.2) is 95.8 Å². The summed E-state index contributed by atoms with van der Waals surface area (Å²) >= 11 is 0. The van der Waals surface area contributed by atoms with Crippen molar-refractivity contribution in [3.63, 3.8) is 0 Å². The number of nitrogens with zero attached hydrogens (tertiary/aromatic N) is 7. The Morgan fingerprint density at radius 1 is 0.917 bits per heavy atom. The Balaban J connectivity index is 0.977. The number of fused-ring (bicyclic) bond motifs is 1. The predicted molar refractivity (Wildman–Crippen MR) is 171 cm³/mol. The number of carbonyl (C=O) groups is 1. The van der Waals surface area contributed by atoms with Crippen LogP contribution in [0.2, 0.25) is 0 Å². The average molecular weight is 654 g/mol. The van der Waals surface area contributed by atoms with Crippen molar-refractivity contribution >= 4 is 16.8 Å². The van der Waals surface area contributed by atoms with Gasteiger partial charge < -0.3 is 18.7 Å². The van der Waals surface area contributed by atoms with Gasteiger partial charge >= 0.3 is 6.18 Å². The number of aromatic nitrogens is 5. The number of benzene rings is 3. The van der Waals surface area contributed by atoms with Crippen LogP contribution < -0.4 is 4.74 Å². The van der Waals surface area contributed by atoms with E-state index in [0.717, 1.165) is 49.1 Å². The number of alkyl halides is 3. The van der Waals surface area contributed by atoms with Crippen LogP contribution in [0, 0.1) is 0 Å². The third-order valence-electron chi connectivity index (χ3n) is 8.42. The number of aryl methyl sites for hydroxylation is 1. The minimum absolute atomic E-state index is 0.00263.